The first-order valence-corrected chi connectivity index (χ1v) is 9.11. The minimum absolute atomic E-state index is 0.301. The predicted molar refractivity (Wildman–Crippen MR) is 93.2 cm³/mol. The van der Waals surface area contributed by atoms with Crippen LogP contribution in [0.3, 0.4) is 0 Å². The summed E-state index contributed by atoms with van der Waals surface area (Å²) in [5.41, 5.74) is 13.3. The molecule has 126 valence electrons. The molecule has 0 radical (unpaired) electrons. The van der Waals surface area contributed by atoms with Gasteiger partial charge in [0.1, 0.15) is 11.6 Å². The molecule has 1 aliphatic carbocycles. The highest BCUT2D eigenvalue weighted by atomic mass is 15.3. The number of aromatic nitrogens is 2. The summed E-state index contributed by atoms with van der Waals surface area (Å²) >= 11 is 0. The smallest absolute Gasteiger partial charge is 0.223 e. The molecule has 0 aromatic carbocycles. The third-order valence-electron chi connectivity index (χ3n) is 5.90. The van der Waals surface area contributed by atoms with Gasteiger partial charge in [-0.25, -0.2) is 0 Å². The van der Waals surface area contributed by atoms with Crippen molar-refractivity contribution in [3.05, 3.63) is 5.56 Å². The number of piperidine rings is 1. The molecule has 5 N–H and O–H groups in total. The van der Waals surface area contributed by atoms with E-state index >= 15 is 0 Å². The van der Waals surface area contributed by atoms with Crippen LogP contribution in [-0.2, 0) is 6.42 Å². The van der Waals surface area contributed by atoms with Crippen LogP contribution < -0.4 is 21.7 Å². The van der Waals surface area contributed by atoms with Gasteiger partial charge in [-0.15, -0.1) is 0 Å². The van der Waals surface area contributed by atoms with Crippen LogP contribution >= 0.6 is 0 Å². The molecular weight excluding hydrogens is 288 g/mol. The quantitative estimate of drug-likeness (QED) is 0.783. The fraction of sp³-hybridized carbons (Fsp3) is 0.765. The van der Waals surface area contributed by atoms with Crippen molar-refractivity contribution < 1.29 is 0 Å². The third-order valence-corrected chi connectivity index (χ3v) is 5.90. The molecule has 2 aliphatic heterocycles. The summed E-state index contributed by atoms with van der Waals surface area (Å²) in [5, 5.41) is 3.66. The van der Waals surface area contributed by atoms with E-state index in [0.29, 0.717) is 17.8 Å². The molecule has 0 amide bonds. The van der Waals surface area contributed by atoms with Gasteiger partial charge in [0.15, 0.2) is 0 Å². The lowest BCUT2D eigenvalue weighted by Gasteiger charge is -2.24. The monoisotopic (exact) mass is 316 g/mol. The maximum Gasteiger partial charge on any atom is 0.223 e. The summed E-state index contributed by atoms with van der Waals surface area (Å²) in [7, 11) is 0. The van der Waals surface area contributed by atoms with Gasteiger partial charge in [0.2, 0.25) is 5.95 Å². The van der Waals surface area contributed by atoms with Crippen LogP contribution in [0.25, 0.3) is 0 Å². The van der Waals surface area contributed by atoms with Crippen molar-refractivity contribution in [2.75, 3.05) is 36.0 Å². The van der Waals surface area contributed by atoms with Gasteiger partial charge in [-0.1, -0.05) is 25.7 Å². The zero-order chi connectivity index (χ0) is 15.8. The average molecular weight is 316 g/mol. The SMILES string of the molecule is Nc1nc(N)c(CC2CCCC2)c(N2C[C@H]3CCCN[C@H]3C2)n1. The molecule has 3 aliphatic rings. The summed E-state index contributed by atoms with van der Waals surface area (Å²) in [6.45, 7) is 3.21. The van der Waals surface area contributed by atoms with Gasteiger partial charge in [0, 0.05) is 24.7 Å². The fourth-order valence-corrected chi connectivity index (χ4v) is 4.69. The minimum atomic E-state index is 0.301. The highest BCUT2D eigenvalue weighted by Gasteiger charge is 2.36. The van der Waals surface area contributed by atoms with E-state index < -0.39 is 0 Å². The molecule has 3 heterocycles. The highest BCUT2D eigenvalue weighted by molar-refractivity contribution is 5.60. The van der Waals surface area contributed by atoms with Crippen LogP contribution in [0.5, 0.6) is 0 Å². The number of anilines is 3. The Bertz CT molecular complexity index is 554. The highest BCUT2D eigenvalue weighted by Crippen LogP contribution is 2.36. The number of hydrogen-bond donors (Lipinski definition) is 3. The summed E-state index contributed by atoms with van der Waals surface area (Å²) in [5.74, 6) is 3.34. The van der Waals surface area contributed by atoms with Crippen LogP contribution in [0.4, 0.5) is 17.6 Å². The molecular formula is C17H28N6. The second-order valence-electron chi connectivity index (χ2n) is 7.49. The molecule has 0 unspecified atom stereocenters. The minimum Gasteiger partial charge on any atom is -0.383 e. The Kier molecular flexibility index (Phi) is 4.01. The van der Waals surface area contributed by atoms with Gasteiger partial charge in [-0.2, -0.15) is 9.97 Å². The molecule has 1 aromatic rings. The van der Waals surface area contributed by atoms with E-state index in [-0.39, 0.29) is 0 Å². The van der Waals surface area contributed by atoms with E-state index in [2.05, 4.69) is 20.2 Å². The lowest BCUT2D eigenvalue weighted by atomic mass is 9.94. The van der Waals surface area contributed by atoms with E-state index in [1.165, 1.54) is 38.5 Å². The van der Waals surface area contributed by atoms with Gasteiger partial charge in [-0.05, 0) is 37.6 Å². The summed E-state index contributed by atoms with van der Waals surface area (Å²) in [6, 6.07) is 0.584. The Morgan fingerprint density at radius 1 is 1.04 bits per heavy atom. The van der Waals surface area contributed by atoms with Crippen molar-refractivity contribution in [2.45, 2.75) is 51.0 Å². The number of nitrogens with one attached hydrogen (secondary N) is 1. The zero-order valence-corrected chi connectivity index (χ0v) is 13.8. The first kappa shape index (κ1) is 15.0. The second-order valence-corrected chi connectivity index (χ2v) is 7.49. The van der Waals surface area contributed by atoms with Crippen molar-refractivity contribution in [1.82, 2.24) is 15.3 Å². The van der Waals surface area contributed by atoms with Crippen molar-refractivity contribution in [1.29, 1.82) is 0 Å². The van der Waals surface area contributed by atoms with Crippen molar-refractivity contribution in [2.24, 2.45) is 11.8 Å². The first-order valence-electron chi connectivity index (χ1n) is 9.11. The van der Waals surface area contributed by atoms with Gasteiger partial charge < -0.3 is 21.7 Å². The molecule has 3 fully saturated rings. The average Bonchev–Trinajstić information content (AvgIpc) is 3.18. The molecule has 1 saturated carbocycles. The molecule has 2 saturated heterocycles. The molecule has 6 heteroatoms. The number of rotatable bonds is 3. The predicted octanol–water partition coefficient (Wildman–Crippen LogP) is 1.56. The lowest BCUT2D eigenvalue weighted by Crippen LogP contribution is -2.40. The van der Waals surface area contributed by atoms with Gasteiger partial charge >= 0.3 is 0 Å². The maximum atomic E-state index is 6.24. The zero-order valence-electron chi connectivity index (χ0n) is 13.8. The van der Waals surface area contributed by atoms with Crippen LogP contribution in [0.1, 0.15) is 44.1 Å². The second kappa shape index (κ2) is 6.15. The fourth-order valence-electron chi connectivity index (χ4n) is 4.69. The largest absolute Gasteiger partial charge is 0.383 e. The Morgan fingerprint density at radius 3 is 2.65 bits per heavy atom. The molecule has 2 atom stereocenters. The Morgan fingerprint density at radius 2 is 1.87 bits per heavy atom. The number of nitrogens with two attached hydrogens (primary N) is 2. The molecule has 4 rings (SSSR count). The van der Waals surface area contributed by atoms with Crippen molar-refractivity contribution in [3.63, 3.8) is 0 Å². The first-order chi connectivity index (χ1) is 11.2. The van der Waals surface area contributed by atoms with Gasteiger partial charge in [-0.3, -0.25) is 0 Å². The normalized spacial score (nSPS) is 28.3. The molecule has 23 heavy (non-hydrogen) atoms. The van der Waals surface area contributed by atoms with Crippen LogP contribution in [0, 0.1) is 11.8 Å². The van der Waals surface area contributed by atoms with Crippen LogP contribution in [0.2, 0.25) is 0 Å². The summed E-state index contributed by atoms with van der Waals surface area (Å²) in [4.78, 5) is 11.2. The van der Waals surface area contributed by atoms with Gasteiger partial charge in [0.25, 0.3) is 0 Å². The third kappa shape index (κ3) is 2.96. The maximum absolute atomic E-state index is 6.24. The Balaban J connectivity index is 1.61. The van der Waals surface area contributed by atoms with E-state index in [0.717, 1.165) is 49.3 Å². The molecule has 1 aromatic heterocycles. The number of nitrogens with zero attached hydrogens (tertiary/aromatic N) is 3. The van der Waals surface area contributed by atoms with E-state index in [4.69, 9.17) is 11.5 Å². The molecule has 0 spiro atoms. The number of hydrogen-bond acceptors (Lipinski definition) is 6. The lowest BCUT2D eigenvalue weighted by molar-refractivity contribution is 0.340. The van der Waals surface area contributed by atoms with Crippen molar-refractivity contribution in [3.8, 4) is 0 Å². The summed E-state index contributed by atoms with van der Waals surface area (Å²) in [6.07, 6.45) is 8.87. The van der Waals surface area contributed by atoms with Gasteiger partial charge in [0.05, 0.1) is 0 Å². The van der Waals surface area contributed by atoms with Crippen LogP contribution in [-0.4, -0.2) is 35.6 Å². The molecule has 6 nitrogen and oxygen atoms in total. The standard InChI is InChI=1S/C17H28N6/c18-15-13(8-11-4-1-2-5-11)16(22-17(19)21-15)23-9-12-6-3-7-20-14(12)10-23/h11-12,14,20H,1-10H2,(H4,18,19,21,22)/t12-,14+/m1/s1. The number of nitrogen functional groups attached to an aromatic ring is 2. The van der Waals surface area contributed by atoms with E-state index in [1.54, 1.807) is 0 Å². The topological polar surface area (TPSA) is 93.1 Å². The van der Waals surface area contributed by atoms with Crippen molar-refractivity contribution >= 4 is 17.6 Å². The Hall–Kier alpha value is -1.56. The van der Waals surface area contributed by atoms with E-state index in [1.807, 2.05) is 0 Å². The molecule has 0 bridgehead atoms. The summed E-state index contributed by atoms with van der Waals surface area (Å²) < 4.78 is 0. The van der Waals surface area contributed by atoms with Crippen LogP contribution in [0.15, 0.2) is 0 Å². The number of fused-ring (bicyclic) bond motifs is 1. The van der Waals surface area contributed by atoms with E-state index in [9.17, 15) is 0 Å². The Labute approximate surface area is 138 Å².